The monoisotopic (exact) mass is 273 g/mol. The van der Waals surface area contributed by atoms with Crippen molar-refractivity contribution in [1.29, 1.82) is 0 Å². The highest BCUT2D eigenvalue weighted by Crippen LogP contribution is 2.37. The van der Waals surface area contributed by atoms with E-state index in [0.29, 0.717) is 19.4 Å². The van der Waals surface area contributed by atoms with Crippen LogP contribution in [-0.4, -0.2) is 19.4 Å². The van der Waals surface area contributed by atoms with Gasteiger partial charge in [-0.05, 0) is 31.0 Å². The van der Waals surface area contributed by atoms with Gasteiger partial charge in [0, 0.05) is 24.3 Å². The summed E-state index contributed by atoms with van der Waals surface area (Å²) in [6.45, 7) is 6.75. The molecule has 0 unspecified atom stereocenters. The minimum Gasteiger partial charge on any atom is -0.371 e. The first-order chi connectivity index (χ1) is 8.79. The lowest BCUT2D eigenvalue weighted by molar-refractivity contribution is -0.137. The van der Waals surface area contributed by atoms with Crippen LogP contribution < -0.4 is 4.90 Å². The molecule has 1 rings (SSSR count). The maximum atomic E-state index is 13.1. The molecule has 0 fully saturated rings. The van der Waals surface area contributed by atoms with Crippen LogP contribution in [0.4, 0.5) is 18.9 Å². The minimum absolute atomic E-state index is 0.0386. The molecule has 5 heteroatoms. The third kappa shape index (κ3) is 3.98. The number of halogens is 3. The van der Waals surface area contributed by atoms with Crippen LogP contribution in [0.2, 0.25) is 0 Å². The van der Waals surface area contributed by atoms with Crippen molar-refractivity contribution in [3.05, 3.63) is 29.3 Å². The Morgan fingerprint density at radius 1 is 1.32 bits per heavy atom. The van der Waals surface area contributed by atoms with Crippen molar-refractivity contribution in [2.75, 3.05) is 18.0 Å². The van der Waals surface area contributed by atoms with Gasteiger partial charge in [0.15, 0.2) is 0 Å². The van der Waals surface area contributed by atoms with E-state index in [9.17, 15) is 18.0 Å². The van der Waals surface area contributed by atoms with Gasteiger partial charge in [0.1, 0.15) is 6.29 Å². The van der Waals surface area contributed by atoms with Gasteiger partial charge in [-0.15, -0.1) is 0 Å². The maximum Gasteiger partial charge on any atom is 0.418 e. The van der Waals surface area contributed by atoms with Gasteiger partial charge in [-0.3, -0.25) is 4.79 Å². The third-order valence-corrected chi connectivity index (χ3v) is 2.77. The quantitative estimate of drug-likeness (QED) is 0.756. The molecule has 0 spiro atoms. The summed E-state index contributed by atoms with van der Waals surface area (Å²) in [6.07, 6.45) is -4.03. The van der Waals surface area contributed by atoms with E-state index in [1.165, 1.54) is 12.1 Å². The van der Waals surface area contributed by atoms with Crippen LogP contribution in [0.1, 0.15) is 36.7 Å². The fourth-order valence-corrected chi connectivity index (χ4v) is 1.97. The lowest BCUT2D eigenvalue weighted by Crippen LogP contribution is -2.29. The summed E-state index contributed by atoms with van der Waals surface area (Å²) in [6, 6.07) is 3.70. The molecule has 106 valence electrons. The molecule has 19 heavy (non-hydrogen) atoms. The summed E-state index contributed by atoms with van der Waals surface area (Å²) in [5.74, 6) is 0.256. The summed E-state index contributed by atoms with van der Waals surface area (Å²) < 4.78 is 39.2. The molecule has 0 saturated heterocycles. The second-order valence-corrected chi connectivity index (χ2v) is 4.82. The molecule has 0 aromatic heterocycles. The topological polar surface area (TPSA) is 20.3 Å². The van der Waals surface area contributed by atoms with Crippen LogP contribution in [0, 0.1) is 5.92 Å². The number of anilines is 1. The van der Waals surface area contributed by atoms with Crippen molar-refractivity contribution in [3.8, 4) is 0 Å². The predicted octanol–water partition coefficient (Wildman–Crippen LogP) is 4.00. The van der Waals surface area contributed by atoms with Gasteiger partial charge in [0.2, 0.25) is 0 Å². The highest BCUT2D eigenvalue weighted by molar-refractivity contribution is 5.77. The fraction of sp³-hybridized carbons (Fsp3) is 0.500. The largest absolute Gasteiger partial charge is 0.418 e. The number of carbonyl (C=O) groups excluding carboxylic acids is 1. The summed E-state index contributed by atoms with van der Waals surface area (Å²) in [5.41, 5.74) is -0.578. The van der Waals surface area contributed by atoms with Crippen LogP contribution in [0.3, 0.4) is 0 Å². The normalized spacial score (nSPS) is 11.7. The first kappa shape index (κ1) is 15.5. The number of benzene rings is 1. The van der Waals surface area contributed by atoms with E-state index in [0.717, 1.165) is 6.07 Å². The Bertz CT molecular complexity index is 441. The number of rotatable bonds is 5. The van der Waals surface area contributed by atoms with Crippen LogP contribution >= 0.6 is 0 Å². The highest BCUT2D eigenvalue weighted by Gasteiger charge is 2.35. The van der Waals surface area contributed by atoms with Crippen molar-refractivity contribution in [3.63, 3.8) is 0 Å². The average Bonchev–Trinajstić information content (AvgIpc) is 2.34. The van der Waals surface area contributed by atoms with Gasteiger partial charge in [-0.25, -0.2) is 0 Å². The van der Waals surface area contributed by atoms with Crippen molar-refractivity contribution >= 4 is 12.0 Å². The van der Waals surface area contributed by atoms with Crippen molar-refractivity contribution < 1.29 is 18.0 Å². The van der Waals surface area contributed by atoms with Crippen LogP contribution in [0.25, 0.3) is 0 Å². The molecule has 0 N–H and O–H groups in total. The zero-order valence-electron chi connectivity index (χ0n) is 11.3. The molecule has 1 aromatic carbocycles. The summed E-state index contributed by atoms with van der Waals surface area (Å²) >= 11 is 0. The zero-order valence-corrected chi connectivity index (χ0v) is 11.3. The number of hydrogen-bond donors (Lipinski definition) is 0. The number of alkyl halides is 3. The molecule has 0 amide bonds. The van der Waals surface area contributed by atoms with Crippen LogP contribution in [-0.2, 0) is 6.18 Å². The fourth-order valence-electron chi connectivity index (χ4n) is 1.97. The van der Waals surface area contributed by atoms with E-state index in [1.807, 2.05) is 20.8 Å². The number of aldehydes is 1. The third-order valence-electron chi connectivity index (χ3n) is 2.77. The Morgan fingerprint density at radius 3 is 2.37 bits per heavy atom. The van der Waals surface area contributed by atoms with Crippen LogP contribution in [0.5, 0.6) is 0 Å². The van der Waals surface area contributed by atoms with E-state index in [-0.39, 0.29) is 17.2 Å². The highest BCUT2D eigenvalue weighted by atomic mass is 19.4. The molecule has 2 nitrogen and oxygen atoms in total. The van der Waals surface area contributed by atoms with E-state index < -0.39 is 11.7 Å². The van der Waals surface area contributed by atoms with Gasteiger partial charge in [0.25, 0.3) is 0 Å². The molecule has 0 aliphatic carbocycles. The second kappa shape index (κ2) is 6.08. The summed E-state index contributed by atoms with van der Waals surface area (Å²) in [5, 5.41) is 0. The van der Waals surface area contributed by atoms with E-state index in [2.05, 4.69) is 0 Å². The first-order valence-electron chi connectivity index (χ1n) is 6.21. The van der Waals surface area contributed by atoms with Gasteiger partial charge >= 0.3 is 6.18 Å². The van der Waals surface area contributed by atoms with Gasteiger partial charge in [-0.2, -0.15) is 13.2 Å². The minimum atomic E-state index is -4.46. The molecule has 1 aromatic rings. The molecule has 0 saturated carbocycles. The number of hydrogen-bond acceptors (Lipinski definition) is 2. The molecule has 0 radical (unpaired) electrons. The maximum absolute atomic E-state index is 13.1. The van der Waals surface area contributed by atoms with E-state index >= 15 is 0 Å². The number of carbonyl (C=O) groups is 1. The Labute approximate surface area is 111 Å². The smallest absolute Gasteiger partial charge is 0.371 e. The van der Waals surface area contributed by atoms with Crippen molar-refractivity contribution in [2.24, 2.45) is 5.92 Å². The lowest BCUT2D eigenvalue weighted by Gasteiger charge is -2.28. The molecule has 0 atom stereocenters. The van der Waals surface area contributed by atoms with Crippen molar-refractivity contribution in [1.82, 2.24) is 0 Å². The molecular weight excluding hydrogens is 255 g/mol. The lowest BCUT2D eigenvalue weighted by atomic mass is 10.1. The van der Waals surface area contributed by atoms with Crippen LogP contribution in [0.15, 0.2) is 18.2 Å². The molecule has 0 bridgehead atoms. The second-order valence-electron chi connectivity index (χ2n) is 4.82. The predicted molar refractivity (Wildman–Crippen MR) is 69.6 cm³/mol. The molecular formula is C14H18F3NO. The van der Waals surface area contributed by atoms with Gasteiger partial charge in [-0.1, -0.05) is 13.8 Å². The average molecular weight is 273 g/mol. The Balaban J connectivity index is 3.28. The summed E-state index contributed by atoms with van der Waals surface area (Å²) in [7, 11) is 0. The van der Waals surface area contributed by atoms with Crippen molar-refractivity contribution in [2.45, 2.75) is 26.9 Å². The Morgan fingerprint density at radius 2 is 1.95 bits per heavy atom. The zero-order chi connectivity index (χ0) is 14.6. The Kier molecular flexibility index (Phi) is 4.97. The molecule has 0 aliphatic heterocycles. The first-order valence-corrected chi connectivity index (χ1v) is 6.21. The number of nitrogens with zero attached hydrogens (tertiary/aromatic N) is 1. The van der Waals surface area contributed by atoms with E-state index in [4.69, 9.17) is 0 Å². The Hall–Kier alpha value is -1.52. The standard InChI is InChI=1S/C14H18F3NO/c1-4-18(8-10(2)3)13-6-5-11(9-19)7-12(13)14(15,16)17/h5-7,9-10H,4,8H2,1-3H3. The summed E-state index contributed by atoms with van der Waals surface area (Å²) in [4.78, 5) is 12.3. The molecule has 0 aliphatic rings. The van der Waals surface area contributed by atoms with Gasteiger partial charge < -0.3 is 4.90 Å². The molecule has 0 heterocycles. The van der Waals surface area contributed by atoms with E-state index in [1.54, 1.807) is 4.90 Å². The van der Waals surface area contributed by atoms with Gasteiger partial charge in [0.05, 0.1) is 5.56 Å². The SMILES string of the molecule is CCN(CC(C)C)c1ccc(C=O)cc1C(F)(F)F.